The SMILES string of the molecule is O=C(/C=C/c1cc(Br)ccc1F)Nc1cc2c(cc1Br)OCCO2. The van der Waals surface area contributed by atoms with Crippen LogP contribution >= 0.6 is 31.9 Å². The zero-order valence-corrected chi connectivity index (χ0v) is 15.5. The van der Waals surface area contributed by atoms with Crippen LogP contribution in [0.15, 0.2) is 45.4 Å². The van der Waals surface area contributed by atoms with E-state index in [-0.39, 0.29) is 5.91 Å². The van der Waals surface area contributed by atoms with Crippen molar-refractivity contribution in [1.82, 2.24) is 0 Å². The number of benzene rings is 2. The lowest BCUT2D eigenvalue weighted by atomic mass is 10.2. The van der Waals surface area contributed by atoms with Crippen LogP contribution in [-0.4, -0.2) is 19.1 Å². The molecule has 1 aliphatic rings. The lowest BCUT2D eigenvalue weighted by molar-refractivity contribution is -0.111. The molecule has 0 spiro atoms. The Balaban J connectivity index is 1.75. The number of nitrogens with one attached hydrogen (secondary N) is 1. The fraction of sp³-hybridized carbons (Fsp3) is 0.118. The van der Waals surface area contributed by atoms with E-state index in [2.05, 4.69) is 37.2 Å². The highest BCUT2D eigenvalue weighted by molar-refractivity contribution is 9.10. The normalized spacial score (nSPS) is 13.1. The average Bonchev–Trinajstić information content (AvgIpc) is 2.56. The summed E-state index contributed by atoms with van der Waals surface area (Å²) >= 11 is 6.65. The van der Waals surface area contributed by atoms with E-state index in [9.17, 15) is 9.18 Å². The first-order valence-electron chi connectivity index (χ1n) is 7.06. The highest BCUT2D eigenvalue weighted by Crippen LogP contribution is 2.38. The van der Waals surface area contributed by atoms with Gasteiger partial charge in [-0.3, -0.25) is 4.79 Å². The zero-order valence-electron chi connectivity index (χ0n) is 12.3. The van der Waals surface area contributed by atoms with Gasteiger partial charge >= 0.3 is 0 Å². The van der Waals surface area contributed by atoms with E-state index < -0.39 is 5.82 Å². The second-order valence-electron chi connectivity index (χ2n) is 4.96. The van der Waals surface area contributed by atoms with Gasteiger partial charge in [0.25, 0.3) is 0 Å². The molecule has 0 atom stereocenters. The zero-order chi connectivity index (χ0) is 17.1. The smallest absolute Gasteiger partial charge is 0.248 e. The maximum Gasteiger partial charge on any atom is 0.248 e. The molecule has 4 nitrogen and oxygen atoms in total. The minimum absolute atomic E-state index is 0.320. The van der Waals surface area contributed by atoms with Crippen LogP contribution in [0.2, 0.25) is 0 Å². The number of hydrogen-bond acceptors (Lipinski definition) is 3. The van der Waals surface area contributed by atoms with Gasteiger partial charge in [-0.25, -0.2) is 4.39 Å². The quantitative estimate of drug-likeness (QED) is 0.676. The first kappa shape index (κ1) is 17.0. The summed E-state index contributed by atoms with van der Waals surface area (Å²) in [4.78, 5) is 12.1. The van der Waals surface area contributed by atoms with Gasteiger partial charge in [-0.05, 0) is 40.2 Å². The van der Waals surface area contributed by atoms with Crippen LogP contribution in [-0.2, 0) is 4.79 Å². The molecule has 0 radical (unpaired) electrons. The number of halogens is 3. The molecule has 2 aromatic rings. The second-order valence-corrected chi connectivity index (χ2v) is 6.73. The fourth-order valence-electron chi connectivity index (χ4n) is 2.14. The largest absolute Gasteiger partial charge is 0.486 e. The topological polar surface area (TPSA) is 47.6 Å². The molecule has 0 aliphatic carbocycles. The summed E-state index contributed by atoms with van der Waals surface area (Å²) in [6.45, 7) is 0.955. The van der Waals surface area contributed by atoms with Gasteiger partial charge in [0.15, 0.2) is 11.5 Å². The lowest BCUT2D eigenvalue weighted by Gasteiger charge is -2.19. The van der Waals surface area contributed by atoms with Crippen molar-refractivity contribution in [2.45, 2.75) is 0 Å². The summed E-state index contributed by atoms with van der Waals surface area (Å²) in [5.74, 6) is 0.411. The predicted molar refractivity (Wildman–Crippen MR) is 96.9 cm³/mol. The lowest BCUT2D eigenvalue weighted by Crippen LogP contribution is -2.16. The number of hydrogen-bond donors (Lipinski definition) is 1. The Kier molecular flexibility index (Phi) is 5.20. The molecule has 1 heterocycles. The first-order valence-corrected chi connectivity index (χ1v) is 8.65. The van der Waals surface area contributed by atoms with Crippen molar-refractivity contribution in [2.75, 3.05) is 18.5 Å². The van der Waals surface area contributed by atoms with Crippen LogP contribution in [0.1, 0.15) is 5.56 Å². The third-order valence-corrected chi connectivity index (χ3v) is 4.41. The Morgan fingerprint density at radius 2 is 1.83 bits per heavy atom. The van der Waals surface area contributed by atoms with Gasteiger partial charge in [0, 0.05) is 32.7 Å². The van der Waals surface area contributed by atoms with E-state index >= 15 is 0 Å². The first-order chi connectivity index (χ1) is 11.5. The second kappa shape index (κ2) is 7.36. The van der Waals surface area contributed by atoms with E-state index in [0.717, 1.165) is 4.47 Å². The molecule has 0 unspecified atom stereocenters. The van der Waals surface area contributed by atoms with Crippen LogP contribution < -0.4 is 14.8 Å². The van der Waals surface area contributed by atoms with Gasteiger partial charge < -0.3 is 14.8 Å². The molecule has 2 aromatic carbocycles. The minimum Gasteiger partial charge on any atom is -0.486 e. The van der Waals surface area contributed by atoms with Gasteiger partial charge in [-0.2, -0.15) is 0 Å². The van der Waals surface area contributed by atoms with Crippen molar-refractivity contribution >= 4 is 49.5 Å². The third-order valence-electron chi connectivity index (χ3n) is 3.26. The van der Waals surface area contributed by atoms with Crippen molar-refractivity contribution in [1.29, 1.82) is 0 Å². The Hall–Kier alpha value is -1.86. The molecule has 1 aliphatic heterocycles. The maximum absolute atomic E-state index is 13.7. The van der Waals surface area contributed by atoms with E-state index in [1.807, 2.05) is 0 Å². The fourth-order valence-corrected chi connectivity index (χ4v) is 2.94. The molecular formula is C17H12Br2FNO3. The molecular weight excluding hydrogens is 445 g/mol. The van der Waals surface area contributed by atoms with Crippen LogP contribution in [0, 0.1) is 5.82 Å². The predicted octanol–water partition coefficient (Wildman–Crippen LogP) is 4.77. The minimum atomic E-state index is -0.400. The average molecular weight is 457 g/mol. The summed E-state index contributed by atoms with van der Waals surface area (Å²) in [5, 5.41) is 2.72. The number of anilines is 1. The summed E-state index contributed by atoms with van der Waals surface area (Å²) in [6.07, 6.45) is 2.69. The van der Waals surface area contributed by atoms with Crippen LogP contribution in [0.5, 0.6) is 11.5 Å². The summed E-state index contributed by atoms with van der Waals surface area (Å²) in [6, 6.07) is 7.95. The Morgan fingerprint density at radius 3 is 2.58 bits per heavy atom. The molecule has 124 valence electrons. The van der Waals surface area contributed by atoms with Gasteiger partial charge in [-0.15, -0.1) is 0 Å². The Morgan fingerprint density at radius 1 is 1.12 bits per heavy atom. The number of amides is 1. The van der Waals surface area contributed by atoms with Crippen molar-refractivity contribution in [3.05, 3.63) is 56.7 Å². The summed E-state index contributed by atoms with van der Waals surface area (Å²) < 4.78 is 26.0. The van der Waals surface area contributed by atoms with E-state index in [1.165, 1.54) is 18.2 Å². The van der Waals surface area contributed by atoms with Gasteiger partial charge in [0.05, 0.1) is 5.69 Å². The molecule has 1 amide bonds. The molecule has 0 fully saturated rings. The van der Waals surface area contributed by atoms with Crippen molar-refractivity contribution < 1.29 is 18.7 Å². The monoisotopic (exact) mass is 455 g/mol. The number of carbonyl (C=O) groups is 1. The number of rotatable bonds is 3. The summed E-state index contributed by atoms with van der Waals surface area (Å²) in [5.41, 5.74) is 0.865. The highest BCUT2D eigenvalue weighted by Gasteiger charge is 2.15. The molecule has 0 saturated carbocycles. The van der Waals surface area contributed by atoms with Crippen LogP contribution in [0.4, 0.5) is 10.1 Å². The van der Waals surface area contributed by atoms with Crippen molar-refractivity contribution in [2.24, 2.45) is 0 Å². The Labute approximate surface area is 154 Å². The Bertz CT molecular complexity index is 824. The number of ether oxygens (including phenoxy) is 2. The van der Waals surface area contributed by atoms with Crippen LogP contribution in [0.3, 0.4) is 0 Å². The summed E-state index contributed by atoms with van der Waals surface area (Å²) in [7, 11) is 0. The molecule has 3 rings (SSSR count). The van der Waals surface area contributed by atoms with Gasteiger partial charge in [-0.1, -0.05) is 15.9 Å². The number of carbonyl (C=O) groups excluding carboxylic acids is 1. The molecule has 0 bridgehead atoms. The molecule has 7 heteroatoms. The van der Waals surface area contributed by atoms with E-state index in [0.29, 0.717) is 40.4 Å². The van der Waals surface area contributed by atoms with E-state index in [4.69, 9.17) is 9.47 Å². The molecule has 0 aromatic heterocycles. The maximum atomic E-state index is 13.7. The van der Waals surface area contributed by atoms with Crippen LogP contribution in [0.25, 0.3) is 6.08 Å². The van der Waals surface area contributed by atoms with Crippen molar-refractivity contribution in [3.8, 4) is 11.5 Å². The highest BCUT2D eigenvalue weighted by atomic mass is 79.9. The van der Waals surface area contributed by atoms with Gasteiger partial charge in [0.1, 0.15) is 19.0 Å². The van der Waals surface area contributed by atoms with Gasteiger partial charge in [0.2, 0.25) is 5.91 Å². The standard InChI is InChI=1S/C17H12Br2FNO3/c18-11-2-3-13(20)10(7-11)1-4-17(22)21-14-9-16-15(8-12(14)19)23-5-6-24-16/h1-4,7-9H,5-6H2,(H,21,22)/b4-1+. The number of fused-ring (bicyclic) bond motifs is 1. The van der Waals surface area contributed by atoms with Crippen molar-refractivity contribution in [3.63, 3.8) is 0 Å². The third kappa shape index (κ3) is 3.96. The van der Waals surface area contributed by atoms with E-state index in [1.54, 1.807) is 24.3 Å². The molecule has 1 N–H and O–H groups in total. The molecule has 24 heavy (non-hydrogen) atoms. The molecule has 0 saturated heterocycles.